The van der Waals surface area contributed by atoms with Crippen LogP contribution < -0.4 is 21.3 Å². The van der Waals surface area contributed by atoms with E-state index in [2.05, 4.69) is 51.7 Å². The quantitative estimate of drug-likeness (QED) is 0.271. The lowest BCUT2D eigenvalue weighted by Crippen LogP contribution is -2.62. The summed E-state index contributed by atoms with van der Waals surface area (Å²) in [5, 5.41) is 11.6. The lowest BCUT2D eigenvalue weighted by Gasteiger charge is -2.38. The Kier molecular flexibility index (Phi) is 9.14. The van der Waals surface area contributed by atoms with Crippen molar-refractivity contribution in [1.82, 2.24) is 36.1 Å². The molecule has 5 fully saturated rings. The predicted molar refractivity (Wildman–Crippen MR) is 184 cm³/mol. The molecule has 1 aromatic heterocycles. The Balaban J connectivity index is 1.29. The second kappa shape index (κ2) is 12.7. The molecule has 3 saturated carbocycles. The molecule has 3 aliphatic carbocycles. The third kappa shape index (κ3) is 5.59. The minimum atomic E-state index is -1.10. The van der Waals surface area contributed by atoms with E-state index in [1.807, 2.05) is 20.8 Å². The topological polar surface area (TPSA) is 172 Å². The molecule has 13 nitrogen and oxygen atoms in total. The molecule has 2 spiro atoms. The first-order valence-corrected chi connectivity index (χ1v) is 18.0. The van der Waals surface area contributed by atoms with Crippen molar-refractivity contribution < 1.29 is 28.7 Å². The summed E-state index contributed by atoms with van der Waals surface area (Å²) in [7, 11) is 1.54. The molecule has 0 bridgehead atoms. The summed E-state index contributed by atoms with van der Waals surface area (Å²) in [6.45, 7) is 15.3. The molecule has 0 radical (unpaired) electrons. The predicted octanol–water partition coefficient (Wildman–Crippen LogP) is 2.14. The van der Waals surface area contributed by atoms with Gasteiger partial charge in [-0.15, -0.1) is 6.58 Å². The van der Waals surface area contributed by atoms with Crippen LogP contribution in [0.5, 0.6) is 0 Å². The number of ether oxygens (including phenoxy) is 1. The normalized spacial score (nSPS) is 30.4. The number of hydrogen-bond donors (Lipinski definition) is 4. The van der Waals surface area contributed by atoms with E-state index in [1.165, 1.54) is 18.6 Å². The average molecular weight is 692 g/mol. The fourth-order valence-electron chi connectivity index (χ4n) is 9.75. The van der Waals surface area contributed by atoms with E-state index < -0.39 is 40.9 Å². The van der Waals surface area contributed by atoms with Crippen molar-refractivity contribution in [2.24, 2.45) is 33.5 Å². The number of hydrogen-bond acceptors (Lipinski definition) is 8. The van der Waals surface area contributed by atoms with Gasteiger partial charge in [0, 0.05) is 50.5 Å². The van der Waals surface area contributed by atoms with Crippen LogP contribution >= 0.6 is 0 Å². The molecule has 6 atom stereocenters. The highest BCUT2D eigenvalue weighted by Gasteiger charge is 2.85. The van der Waals surface area contributed by atoms with E-state index in [0.29, 0.717) is 45.4 Å². The monoisotopic (exact) mass is 691 g/mol. The van der Waals surface area contributed by atoms with Crippen LogP contribution in [0.1, 0.15) is 90.1 Å². The van der Waals surface area contributed by atoms with Crippen LogP contribution in [-0.4, -0.2) is 94.9 Å². The number of likely N-dealkylation sites (tertiary alicyclic amines) is 1. The summed E-state index contributed by atoms with van der Waals surface area (Å²) in [6.07, 6.45) is 11.2. The van der Waals surface area contributed by atoms with Gasteiger partial charge in [-0.3, -0.25) is 29.0 Å². The van der Waals surface area contributed by atoms with Gasteiger partial charge in [0.05, 0.1) is 6.20 Å². The Labute approximate surface area is 294 Å². The minimum absolute atomic E-state index is 0.0501. The first-order chi connectivity index (χ1) is 23.6. The van der Waals surface area contributed by atoms with E-state index in [-0.39, 0.29) is 51.5 Å². The highest BCUT2D eigenvalue weighted by molar-refractivity contribution is 6.00. The maximum atomic E-state index is 14.9. The molecule has 0 aromatic carbocycles. The first-order valence-electron chi connectivity index (χ1n) is 18.0. The molecule has 5 amide bonds. The van der Waals surface area contributed by atoms with Crippen LogP contribution in [0.4, 0.5) is 0 Å². The molecule has 6 rings (SSSR count). The Bertz CT molecular complexity index is 1550. The molecule has 3 unspecified atom stereocenters. The van der Waals surface area contributed by atoms with Gasteiger partial charge in [-0.1, -0.05) is 47.1 Å². The number of carbonyl (C=O) groups excluding carboxylic acids is 5. The standard InChI is InChI=1S/C37H53N7O6/c1-8-23-18-37(23,32(49)38-7)43-29(46)25-19-36(34(5,6)35(36)12-9-13-35)21-44(25)31(48)27(33(2,3)4)42-30(47)26(22-10-16-50-17-11-22)41-28(45)24-20-39-14-15-40-24/h8,14-15,20,22-23,25-27H,1,9-13,16-19,21H2,2-7H3,(H,38,49)(H,41,45)(H,42,47)(H,43,46)/t23-,25?,26?,27-,36?,37-/m1/s1. The van der Waals surface area contributed by atoms with Gasteiger partial charge in [0.25, 0.3) is 5.91 Å². The van der Waals surface area contributed by atoms with Crippen LogP contribution in [0.25, 0.3) is 0 Å². The second-order valence-electron chi connectivity index (χ2n) is 16.7. The van der Waals surface area contributed by atoms with Crippen LogP contribution in [0.2, 0.25) is 0 Å². The molecule has 4 N–H and O–H groups in total. The Morgan fingerprint density at radius 2 is 1.74 bits per heavy atom. The molecule has 272 valence electrons. The number of rotatable bonds is 10. The lowest BCUT2D eigenvalue weighted by atomic mass is 9.73. The van der Waals surface area contributed by atoms with Crippen molar-refractivity contribution in [2.75, 3.05) is 26.8 Å². The van der Waals surface area contributed by atoms with Gasteiger partial charge in [0.1, 0.15) is 29.4 Å². The molecule has 3 heterocycles. The third-order valence-electron chi connectivity index (χ3n) is 13.2. The van der Waals surface area contributed by atoms with Crippen molar-refractivity contribution >= 4 is 29.5 Å². The molecule has 2 aliphatic heterocycles. The number of amides is 5. The smallest absolute Gasteiger partial charge is 0.272 e. The minimum Gasteiger partial charge on any atom is -0.381 e. The Hall–Kier alpha value is -3.87. The van der Waals surface area contributed by atoms with Gasteiger partial charge in [-0.2, -0.15) is 0 Å². The van der Waals surface area contributed by atoms with Gasteiger partial charge in [0.2, 0.25) is 23.6 Å². The van der Waals surface area contributed by atoms with E-state index in [9.17, 15) is 24.0 Å². The van der Waals surface area contributed by atoms with Crippen LogP contribution in [-0.2, 0) is 23.9 Å². The number of aromatic nitrogens is 2. The average Bonchev–Trinajstić information content (AvgIpc) is 3.80. The molecular formula is C37H53N7O6. The molecule has 1 aromatic rings. The summed E-state index contributed by atoms with van der Waals surface area (Å²) < 4.78 is 5.55. The molecule has 50 heavy (non-hydrogen) atoms. The molecule has 5 aliphatic rings. The Morgan fingerprint density at radius 3 is 2.26 bits per heavy atom. The van der Waals surface area contributed by atoms with Gasteiger partial charge in [-0.05, 0) is 60.7 Å². The van der Waals surface area contributed by atoms with E-state index in [1.54, 1.807) is 18.0 Å². The summed E-state index contributed by atoms with van der Waals surface area (Å²) in [6, 6.07) is -2.78. The zero-order chi connectivity index (χ0) is 36.3. The van der Waals surface area contributed by atoms with Crippen molar-refractivity contribution in [3.8, 4) is 0 Å². The third-order valence-corrected chi connectivity index (χ3v) is 13.2. The summed E-state index contributed by atoms with van der Waals surface area (Å²) in [4.78, 5) is 79.5. The maximum Gasteiger partial charge on any atom is 0.272 e. The van der Waals surface area contributed by atoms with Crippen molar-refractivity contribution in [2.45, 2.75) is 103 Å². The Morgan fingerprint density at radius 1 is 1.04 bits per heavy atom. The summed E-state index contributed by atoms with van der Waals surface area (Å²) >= 11 is 0. The van der Waals surface area contributed by atoms with Crippen molar-refractivity contribution in [3.05, 3.63) is 36.9 Å². The molecular weight excluding hydrogens is 638 g/mol. The van der Waals surface area contributed by atoms with Crippen molar-refractivity contribution in [3.63, 3.8) is 0 Å². The highest BCUT2D eigenvalue weighted by Crippen LogP contribution is 2.88. The zero-order valence-corrected chi connectivity index (χ0v) is 30.3. The largest absolute Gasteiger partial charge is 0.381 e. The van der Waals surface area contributed by atoms with Gasteiger partial charge < -0.3 is 30.9 Å². The number of likely N-dealkylation sites (N-methyl/N-ethyl adjacent to an activating group) is 1. The zero-order valence-electron chi connectivity index (χ0n) is 30.3. The number of nitrogens with one attached hydrogen (secondary N) is 4. The summed E-state index contributed by atoms with van der Waals surface area (Å²) in [5.41, 5.74) is -2.04. The first kappa shape index (κ1) is 35.9. The van der Waals surface area contributed by atoms with Gasteiger partial charge in [-0.25, -0.2) is 4.98 Å². The highest BCUT2D eigenvalue weighted by atomic mass is 16.5. The molecule has 2 saturated heterocycles. The maximum absolute atomic E-state index is 14.9. The fourth-order valence-corrected chi connectivity index (χ4v) is 9.75. The van der Waals surface area contributed by atoms with E-state index >= 15 is 0 Å². The number of carbonyl (C=O) groups is 5. The summed E-state index contributed by atoms with van der Waals surface area (Å²) in [5.74, 6) is -2.45. The van der Waals surface area contributed by atoms with Crippen molar-refractivity contribution in [1.29, 1.82) is 0 Å². The van der Waals surface area contributed by atoms with E-state index in [4.69, 9.17) is 4.74 Å². The second-order valence-corrected chi connectivity index (χ2v) is 16.7. The van der Waals surface area contributed by atoms with Crippen LogP contribution in [0, 0.1) is 33.5 Å². The fraction of sp³-hybridized carbons (Fsp3) is 0.703. The lowest BCUT2D eigenvalue weighted by molar-refractivity contribution is -0.145. The van der Waals surface area contributed by atoms with Gasteiger partial charge >= 0.3 is 0 Å². The SMILES string of the molecule is C=C[C@@H]1C[C@]1(NC(=O)C1CC2(CN1C(=O)[C@@H](NC(=O)C(NC(=O)c1cnccn1)C1CCOCC1)C(C)(C)C)C(C)(C)C21CCC1)C(=O)NC. The van der Waals surface area contributed by atoms with E-state index in [0.717, 1.165) is 19.3 Å². The molecule has 13 heteroatoms. The van der Waals surface area contributed by atoms with Gasteiger partial charge in [0.15, 0.2) is 0 Å². The van der Waals surface area contributed by atoms with Crippen LogP contribution in [0.15, 0.2) is 31.2 Å². The number of fused-ring (bicyclic) bond motifs is 1. The number of nitrogens with zero attached hydrogens (tertiary/aromatic N) is 3. The van der Waals surface area contributed by atoms with Crippen LogP contribution in [0.3, 0.4) is 0 Å².